The topological polar surface area (TPSA) is 90.4 Å². The van der Waals surface area contributed by atoms with E-state index in [-0.39, 0.29) is 6.03 Å². The lowest BCUT2D eigenvalue weighted by Gasteiger charge is -2.42. The van der Waals surface area contributed by atoms with Gasteiger partial charge in [0.2, 0.25) is 0 Å². The van der Waals surface area contributed by atoms with Crippen molar-refractivity contribution in [3.63, 3.8) is 0 Å². The lowest BCUT2D eigenvalue weighted by atomic mass is 10.0. The van der Waals surface area contributed by atoms with Gasteiger partial charge in [-0.05, 0) is 51.1 Å². The Morgan fingerprint density at radius 2 is 1.78 bits per heavy atom. The van der Waals surface area contributed by atoms with E-state index in [1.807, 2.05) is 36.1 Å². The predicted molar refractivity (Wildman–Crippen MR) is 126 cm³/mol. The summed E-state index contributed by atoms with van der Waals surface area (Å²) in [6.07, 6.45) is 2.04. The van der Waals surface area contributed by atoms with Gasteiger partial charge in [-0.15, -0.1) is 20.4 Å². The van der Waals surface area contributed by atoms with E-state index in [9.17, 15) is 4.79 Å². The van der Waals surface area contributed by atoms with Crippen molar-refractivity contribution < 1.29 is 4.79 Å². The van der Waals surface area contributed by atoms with Gasteiger partial charge in [-0.25, -0.2) is 4.79 Å². The number of urea groups is 1. The molecular weight excluding hydrogens is 424 g/mol. The summed E-state index contributed by atoms with van der Waals surface area (Å²) < 4.78 is 0. The molecule has 2 aliphatic heterocycles. The fourth-order valence-electron chi connectivity index (χ4n) is 4.46. The summed E-state index contributed by atoms with van der Waals surface area (Å²) in [5.41, 5.74) is 1.76. The average Bonchev–Trinajstić information content (AvgIpc) is 3.25. The third-order valence-electron chi connectivity index (χ3n) is 6.40. The van der Waals surface area contributed by atoms with E-state index < -0.39 is 0 Å². The van der Waals surface area contributed by atoms with Gasteiger partial charge in [-0.2, -0.15) is 0 Å². The number of anilines is 1. The van der Waals surface area contributed by atoms with Crippen LogP contribution in [0, 0.1) is 6.92 Å². The monoisotopic (exact) mass is 452 g/mol. The Hall–Kier alpha value is -2.69. The van der Waals surface area contributed by atoms with E-state index in [4.69, 9.17) is 0 Å². The third kappa shape index (κ3) is 4.57. The van der Waals surface area contributed by atoms with Gasteiger partial charge in [0.25, 0.3) is 0 Å². The quantitative estimate of drug-likeness (QED) is 0.653. The average molecular weight is 453 g/mol. The fraction of sp³-hybridized carbons (Fsp3) is 0.500. The van der Waals surface area contributed by atoms with E-state index in [0.29, 0.717) is 11.9 Å². The van der Waals surface area contributed by atoms with Crippen molar-refractivity contribution in [3.05, 3.63) is 29.3 Å². The molecule has 1 N–H and O–H groups in total. The minimum absolute atomic E-state index is 0.105. The number of likely N-dealkylation sites (N-methyl/N-ethyl adjacent to an activating group) is 1. The molecule has 0 spiro atoms. The van der Waals surface area contributed by atoms with Crippen molar-refractivity contribution >= 4 is 34.1 Å². The molecule has 0 saturated carbocycles. The first kappa shape index (κ1) is 21.2. The number of nitrogens with zero attached hydrogens (tertiary/aromatic N) is 7. The fourth-order valence-corrected chi connectivity index (χ4v) is 5.15. The summed E-state index contributed by atoms with van der Waals surface area (Å²) in [5, 5.41) is 22.4. The van der Waals surface area contributed by atoms with Crippen LogP contribution in [-0.4, -0.2) is 93.5 Å². The molecule has 10 heteroatoms. The highest BCUT2D eigenvalue weighted by molar-refractivity contribution is 7.14. The molecule has 32 heavy (non-hydrogen) atoms. The summed E-state index contributed by atoms with van der Waals surface area (Å²) in [6.45, 7) is 7.98. The number of aryl methyl sites for hydroxylation is 1. The number of aromatic nitrogens is 4. The highest BCUT2D eigenvalue weighted by atomic mass is 32.1. The van der Waals surface area contributed by atoms with Crippen LogP contribution >= 0.6 is 11.3 Å². The highest BCUT2D eigenvalue weighted by Gasteiger charge is 2.28. The first-order valence-corrected chi connectivity index (χ1v) is 11.9. The number of rotatable bonds is 3. The van der Waals surface area contributed by atoms with Gasteiger partial charge < -0.3 is 9.80 Å². The number of likely N-dealkylation sites (tertiary alicyclic amines) is 1. The van der Waals surface area contributed by atoms with E-state index >= 15 is 0 Å². The molecule has 3 aromatic rings. The van der Waals surface area contributed by atoms with Crippen LogP contribution in [0.4, 0.5) is 10.6 Å². The maximum Gasteiger partial charge on any atom is 0.323 e. The zero-order valence-electron chi connectivity index (χ0n) is 18.5. The SMILES string of the molecule is Cc1nnc(-c2ccc3nnc(NC(=O)N4CCC(N5CCN(C)CC5)CC4)cc3c2)s1. The number of fused-ring (bicyclic) bond motifs is 1. The second-order valence-electron chi connectivity index (χ2n) is 8.62. The summed E-state index contributed by atoms with van der Waals surface area (Å²) in [7, 11) is 2.18. The Bertz CT molecular complexity index is 1100. The molecule has 9 nitrogen and oxygen atoms in total. The van der Waals surface area contributed by atoms with E-state index in [1.165, 1.54) is 0 Å². The summed E-state index contributed by atoms with van der Waals surface area (Å²) in [6, 6.07) is 8.25. The van der Waals surface area contributed by atoms with Crippen LogP contribution in [0.3, 0.4) is 0 Å². The van der Waals surface area contributed by atoms with E-state index in [1.54, 1.807) is 11.3 Å². The Kier molecular flexibility index (Phi) is 5.99. The van der Waals surface area contributed by atoms with E-state index in [2.05, 4.69) is 42.6 Å². The number of benzene rings is 1. The maximum absolute atomic E-state index is 12.8. The molecule has 2 aromatic heterocycles. The standard InChI is InChI=1S/C22H28N8OS/c1-15-24-27-21(32-15)16-3-4-19-17(13-16)14-20(26-25-19)23-22(31)30-7-5-18(6-8-30)29-11-9-28(2)10-12-29/h3-4,13-14,18H,5-12H2,1-2H3,(H,23,26,31). The molecule has 2 fully saturated rings. The van der Waals surface area contributed by atoms with Crippen LogP contribution in [0.25, 0.3) is 21.5 Å². The van der Waals surface area contributed by atoms with Gasteiger partial charge in [0.15, 0.2) is 5.82 Å². The number of nitrogens with one attached hydrogen (secondary N) is 1. The molecule has 5 rings (SSSR count). The number of piperidine rings is 1. The maximum atomic E-state index is 12.8. The largest absolute Gasteiger partial charge is 0.324 e. The number of carbonyl (C=O) groups is 1. The summed E-state index contributed by atoms with van der Waals surface area (Å²) in [5.74, 6) is 0.467. The molecule has 2 saturated heterocycles. The van der Waals surface area contributed by atoms with Gasteiger partial charge in [0.1, 0.15) is 10.0 Å². The Labute approximate surface area is 191 Å². The van der Waals surface area contributed by atoms with Crippen LogP contribution < -0.4 is 5.32 Å². The number of hydrogen-bond acceptors (Lipinski definition) is 8. The number of hydrogen-bond donors (Lipinski definition) is 1. The van der Waals surface area contributed by atoms with Gasteiger partial charge in [-0.3, -0.25) is 10.2 Å². The normalized spacial score (nSPS) is 18.9. The third-order valence-corrected chi connectivity index (χ3v) is 7.29. The number of carbonyl (C=O) groups excluding carboxylic acids is 1. The van der Waals surface area contributed by atoms with Crippen molar-refractivity contribution in [2.24, 2.45) is 0 Å². The molecule has 0 atom stereocenters. The van der Waals surface area contributed by atoms with Crippen LogP contribution in [-0.2, 0) is 0 Å². The zero-order chi connectivity index (χ0) is 22.1. The van der Waals surface area contributed by atoms with Crippen molar-refractivity contribution in [1.82, 2.24) is 35.1 Å². The number of amides is 2. The smallest absolute Gasteiger partial charge is 0.323 e. The van der Waals surface area contributed by atoms with Gasteiger partial charge in [0.05, 0.1) is 5.52 Å². The number of piperazine rings is 1. The molecule has 1 aromatic carbocycles. The van der Waals surface area contributed by atoms with Gasteiger partial charge in [-0.1, -0.05) is 11.3 Å². The lowest BCUT2D eigenvalue weighted by Crippen LogP contribution is -2.53. The molecule has 2 amide bonds. The first-order valence-electron chi connectivity index (χ1n) is 11.1. The summed E-state index contributed by atoms with van der Waals surface area (Å²) >= 11 is 1.55. The van der Waals surface area contributed by atoms with Crippen LogP contribution in [0.1, 0.15) is 17.8 Å². The zero-order valence-corrected chi connectivity index (χ0v) is 19.3. The van der Waals surface area contributed by atoms with Crippen LogP contribution in [0.5, 0.6) is 0 Å². The molecule has 0 bridgehead atoms. The van der Waals surface area contributed by atoms with Crippen molar-refractivity contribution in [2.45, 2.75) is 25.8 Å². The van der Waals surface area contributed by atoms with Crippen LogP contribution in [0.15, 0.2) is 24.3 Å². The lowest BCUT2D eigenvalue weighted by molar-refractivity contribution is 0.0765. The Morgan fingerprint density at radius 3 is 2.50 bits per heavy atom. The molecule has 0 unspecified atom stereocenters. The predicted octanol–water partition coefficient (Wildman–Crippen LogP) is 2.70. The molecule has 2 aliphatic rings. The Morgan fingerprint density at radius 1 is 1.00 bits per heavy atom. The molecule has 4 heterocycles. The first-order chi connectivity index (χ1) is 15.5. The van der Waals surface area contributed by atoms with Crippen molar-refractivity contribution in [2.75, 3.05) is 51.6 Å². The van der Waals surface area contributed by atoms with E-state index in [0.717, 1.165) is 78.6 Å². The van der Waals surface area contributed by atoms with Crippen molar-refractivity contribution in [3.8, 4) is 10.6 Å². The molecular formula is C22H28N8OS. The highest BCUT2D eigenvalue weighted by Crippen LogP contribution is 2.27. The Balaban J connectivity index is 1.22. The van der Waals surface area contributed by atoms with Crippen molar-refractivity contribution in [1.29, 1.82) is 0 Å². The molecule has 168 valence electrons. The van der Waals surface area contributed by atoms with Crippen LogP contribution in [0.2, 0.25) is 0 Å². The molecule has 0 aliphatic carbocycles. The minimum atomic E-state index is -0.105. The second kappa shape index (κ2) is 9.05. The van der Waals surface area contributed by atoms with Gasteiger partial charge in [0, 0.05) is 56.3 Å². The minimum Gasteiger partial charge on any atom is -0.324 e. The molecule has 0 radical (unpaired) electrons. The van der Waals surface area contributed by atoms with Gasteiger partial charge >= 0.3 is 6.03 Å². The summed E-state index contributed by atoms with van der Waals surface area (Å²) in [4.78, 5) is 19.7. The second-order valence-corrected chi connectivity index (χ2v) is 9.80.